The van der Waals surface area contributed by atoms with Crippen molar-refractivity contribution in [1.82, 2.24) is 9.13 Å². The van der Waals surface area contributed by atoms with E-state index in [1.165, 1.54) is 21.5 Å². The molecular weight excluding hydrogens is 653 g/mol. The highest BCUT2D eigenvalue weighted by Crippen LogP contribution is 2.37. The highest BCUT2D eigenvalue weighted by molar-refractivity contribution is 6.12. The average molecular weight is 685 g/mol. The Kier molecular flexibility index (Phi) is 7.12. The number of aromatic nitrogens is 2. The van der Waals surface area contributed by atoms with Crippen LogP contribution in [0.15, 0.2) is 175 Å². The van der Waals surface area contributed by atoms with Crippen LogP contribution < -0.4 is 9.47 Å². The number of carbonyl (C=O) groups is 1. The SMILES string of the molecule is Cc1ccc2c(c1)O/C(=C\c1ccc(-n3c4ccccc4c4ccccc43)cc1)C(=O)/C(=C/c1ccc(-n3c4ccccc4c4ccccc43)cc1)O2. The molecule has 53 heavy (non-hydrogen) atoms. The summed E-state index contributed by atoms with van der Waals surface area (Å²) in [6, 6.07) is 55.9. The van der Waals surface area contributed by atoms with Crippen LogP contribution in [-0.4, -0.2) is 14.9 Å². The molecule has 0 spiro atoms. The van der Waals surface area contributed by atoms with Gasteiger partial charge in [-0.1, -0.05) is 103 Å². The molecule has 0 unspecified atom stereocenters. The second kappa shape index (κ2) is 12.3. The molecular formula is C48H32N2O3. The van der Waals surface area contributed by atoms with Gasteiger partial charge in [-0.3, -0.25) is 4.79 Å². The molecule has 5 heteroatoms. The second-order valence-corrected chi connectivity index (χ2v) is 13.4. The maximum Gasteiger partial charge on any atom is 0.263 e. The van der Waals surface area contributed by atoms with Gasteiger partial charge in [-0.2, -0.15) is 0 Å². The van der Waals surface area contributed by atoms with Gasteiger partial charge in [0.1, 0.15) is 0 Å². The third-order valence-electron chi connectivity index (χ3n) is 10.0. The molecule has 10 rings (SSSR count). The normalized spacial score (nSPS) is 14.5. The molecule has 0 radical (unpaired) electrons. The van der Waals surface area contributed by atoms with E-state index in [1.807, 2.05) is 49.4 Å². The standard InChI is InChI=1S/C48H32N2O3/c1-31-18-27-44-45(28-31)53-47(30-33-21-25-35(26-22-33)50-42-16-8-4-12-38(42)39-13-5-9-17-43(39)50)48(51)46(52-44)29-32-19-23-34(24-20-32)49-40-14-6-2-10-36(40)37-11-3-7-15-41(37)49/h2-30H,1H3/b46-29-,47-30-. The number of fused-ring (bicyclic) bond motifs is 7. The molecule has 0 saturated heterocycles. The van der Waals surface area contributed by atoms with Gasteiger partial charge in [-0.25, -0.2) is 0 Å². The minimum atomic E-state index is -0.336. The maximum atomic E-state index is 14.2. The van der Waals surface area contributed by atoms with Crippen molar-refractivity contribution in [3.05, 3.63) is 192 Å². The third-order valence-corrected chi connectivity index (χ3v) is 10.0. The van der Waals surface area contributed by atoms with E-state index >= 15 is 0 Å². The van der Waals surface area contributed by atoms with E-state index < -0.39 is 0 Å². The summed E-state index contributed by atoms with van der Waals surface area (Å²) in [5, 5.41) is 4.84. The van der Waals surface area contributed by atoms with E-state index in [0.29, 0.717) is 11.5 Å². The van der Waals surface area contributed by atoms with Gasteiger partial charge in [0.15, 0.2) is 23.0 Å². The zero-order chi connectivity index (χ0) is 35.5. The highest BCUT2D eigenvalue weighted by atomic mass is 16.5. The molecule has 0 saturated carbocycles. The highest BCUT2D eigenvalue weighted by Gasteiger charge is 2.27. The van der Waals surface area contributed by atoms with Crippen molar-refractivity contribution in [3.63, 3.8) is 0 Å². The van der Waals surface area contributed by atoms with Crippen molar-refractivity contribution in [2.45, 2.75) is 6.92 Å². The van der Waals surface area contributed by atoms with Crippen LogP contribution in [0.5, 0.6) is 11.5 Å². The summed E-state index contributed by atoms with van der Waals surface area (Å²) in [6.07, 6.45) is 3.58. The topological polar surface area (TPSA) is 45.4 Å². The van der Waals surface area contributed by atoms with Crippen LogP contribution in [0.2, 0.25) is 0 Å². The molecule has 7 aromatic carbocycles. The molecule has 1 aliphatic heterocycles. The molecule has 0 fully saturated rings. The Morgan fingerprint density at radius 2 is 0.811 bits per heavy atom. The molecule has 2 aromatic heterocycles. The molecule has 5 nitrogen and oxygen atoms in total. The number of aryl methyl sites for hydroxylation is 1. The first kappa shape index (κ1) is 30.7. The lowest BCUT2D eigenvalue weighted by Crippen LogP contribution is -2.12. The molecule has 0 aliphatic carbocycles. The predicted octanol–water partition coefficient (Wildman–Crippen LogP) is 11.6. The molecule has 0 amide bonds. The smallest absolute Gasteiger partial charge is 0.263 e. The van der Waals surface area contributed by atoms with E-state index in [4.69, 9.17) is 9.47 Å². The van der Waals surface area contributed by atoms with Crippen molar-refractivity contribution >= 4 is 61.5 Å². The van der Waals surface area contributed by atoms with Crippen molar-refractivity contribution in [1.29, 1.82) is 0 Å². The first-order valence-electron chi connectivity index (χ1n) is 17.7. The van der Waals surface area contributed by atoms with E-state index in [9.17, 15) is 4.79 Å². The largest absolute Gasteiger partial charge is 0.449 e. The number of para-hydroxylation sites is 4. The maximum absolute atomic E-state index is 14.2. The summed E-state index contributed by atoms with van der Waals surface area (Å²) in [5.41, 5.74) is 9.31. The number of benzene rings is 7. The molecule has 3 heterocycles. The van der Waals surface area contributed by atoms with E-state index in [0.717, 1.165) is 50.1 Å². The Labute approximate surface area is 305 Å². The Morgan fingerprint density at radius 3 is 1.23 bits per heavy atom. The van der Waals surface area contributed by atoms with Crippen molar-refractivity contribution < 1.29 is 14.3 Å². The van der Waals surface area contributed by atoms with Crippen molar-refractivity contribution in [2.75, 3.05) is 0 Å². The Balaban J connectivity index is 1.02. The Morgan fingerprint density at radius 1 is 0.434 bits per heavy atom. The van der Waals surface area contributed by atoms with Crippen LogP contribution in [0.25, 0.3) is 67.1 Å². The van der Waals surface area contributed by atoms with E-state index in [2.05, 4.69) is 130 Å². The first-order valence-corrected chi connectivity index (χ1v) is 17.7. The summed E-state index contributed by atoms with van der Waals surface area (Å²) >= 11 is 0. The zero-order valence-electron chi connectivity index (χ0n) is 28.9. The van der Waals surface area contributed by atoms with Gasteiger partial charge in [0.25, 0.3) is 5.78 Å². The van der Waals surface area contributed by atoms with Gasteiger partial charge in [0, 0.05) is 32.9 Å². The van der Waals surface area contributed by atoms with Crippen molar-refractivity contribution in [3.8, 4) is 22.9 Å². The van der Waals surface area contributed by atoms with Crippen LogP contribution in [0.4, 0.5) is 0 Å². The summed E-state index contributed by atoms with van der Waals surface area (Å²) < 4.78 is 17.2. The fourth-order valence-corrected chi connectivity index (χ4v) is 7.56. The van der Waals surface area contributed by atoms with Gasteiger partial charge < -0.3 is 18.6 Å². The molecule has 0 atom stereocenters. The van der Waals surface area contributed by atoms with Gasteiger partial charge >= 0.3 is 0 Å². The number of ether oxygens (including phenoxy) is 2. The van der Waals surface area contributed by atoms with Crippen molar-refractivity contribution in [2.24, 2.45) is 0 Å². The predicted molar refractivity (Wildman–Crippen MR) is 215 cm³/mol. The number of Topliss-reactive ketones (excluding diaryl/α,β-unsaturated/α-hetero) is 1. The lowest BCUT2D eigenvalue weighted by molar-refractivity contribution is -0.115. The fourth-order valence-electron chi connectivity index (χ4n) is 7.56. The molecule has 0 N–H and O–H groups in total. The monoisotopic (exact) mass is 684 g/mol. The number of hydrogen-bond acceptors (Lipinski definition) is 3. The average Bonchev–Trinajstić information content (AvgIpc) is 3.68. The summed E-state index contributed by atoms with van der Waals surface area (Å²) in [4.78, 5) is 14.2. The number of ketones is 1. The van der Waals surface area contributed by atoms with E-state index in [1.54, 1.807) is 12.2 Å². The number of carbonyl (C=O) groups excluding carboxylic acids is 1. The fraction of sp³-hybridized carbons (Fsp3) is 0.0208. The minimum Gasteiger partial charge on any atom is -0.449 e. The molecule has 9 aromatic rings. The van der Waals surface area contributed by atoms with Gasteiger partial charge in [-0.05, 0) is 96.4 Å². The molecule has 1 aliphatic rings. The second-order valence-electron chi connectivity index (χ2n) is 13.4. The quantitative estimate of drug-likeness (QED) is 0.173. The summed E-state index contributed by atoms with van der Waals surface area (Å²) in [7, 11) is 0. The molecule has 252 valence electrons. The number of nitrogens with zero attached hydrogens (tertiary/aromatic N) is 2. The third kappa shape index (κ3) is 5.21. The van der Waals surface area contributed by atoms with Crippen LogP contribution >= 0.6 is 0 Å². The van der Waals surface area contributed by atoms with Crippen LogP contribution in [0, 0.1) is 6.92 Å². The summed E-state index contributed by atoms with van der Waals surface area (Å²) in [5.74, 6) is 1.02. The Hall–Kier alpha value is -7.11. The van der Waals surface area contributed by atoms with Crippen LogP contribution in [0.3, 0.4) is 0 Å². The minimum absolute atomic E-state index is 0.186. The number of rotatable bonds is 4. The van der Waals surface area contributed by atoms with Gasteiger partial charge in [0.2, 0.25) is 0 Å². The van der Waals surface area contributed by atoms with Crippen LogP contribution in [0.1, 0.15) is 16.7 Å². The molecule has 0 bridgehead atoms. The first-order chi connectivity index (χ1) is 26.1. The zero-order valence-corrected chi connectivity index (χ0v) is 28.9. The van der Waals surface area contributed by atoms with Gasteiger partial charge in [-0.15, -0.1) is 0 Å². The Bertz CT molecular complexity index is 2850. The van der Waals surface area contributed by atoms with E-state index in [-0.39, 0.29) is 17.3 Å². The number of hydrogen-bond donors (Lipinski definition) is 0. The van der Waals surface area contributed by atoms with Crippen LogP contribution in [-0.2, 0) is 4.79 Å². The van der Waals surface area contributed by atoms with Gasteiger partial charge in [0.05, 0.1) is 22.1 Å². The lowest BCUT2D eigenvalue weighted by atomic mass is 10.1. The lowest BCUT2D eigenvalue weighted by Gasteiger charge is -2.09. The summed E-state index contributed by atoms with van der Waals surface area (Å²) in [6.45, 7) is 1.99.